The highest BCUT2D eigenvalue weighted by molar-refractivity contribution is 6.29. The molecule has 126 valence electrons. The average molecular weight is 348 g/mol. The molecular formula is C17H18ClN3O3. The molecule has 2 aromatic rings. The van der Waals surface area contributed by atoms with Crippen molar-refractivity contribution in [1.82, 2.24) is 10.2 Å². The number of nitrogens with one attached hydrogen (secondary N) is 1. The Morgan fingerprint density at radius 3 is 2.62 bits per heavy atom. The monoisotopic (exact) mass is 347 g/mol. The number of benzene rings is 1. The van der Waals surface area contributed by atoms with Crippen LogP contribution in [0.4, 0.5) is 5.69 Å². The lowest BCUT2D eigenvalue weighted by molar-refractivity contribution is -0.132. The van der Waals surface area contributed by atoms with Crippen LogP contribution in [-0.4, -0.2) is 28.4 Å². The summed E-state index contributed by atoms with van der Waals surface area (Å²) in [5.41, 5.74) is 2.34. The fraction of sp³-hybridized carbons (Fsp3) is 0.235. The molecule has 0 spiro atoms. The first-order chi connectivity index (χ1) is 11.5. The molecule has 0 aliphatic carbocycles. The van der Waals surface area contributed by atoms with Crippen molar-refractivity contribution in [2.75, 3.05) is 12.4 Å². The largest absolute Gasteiger partial charge is 0.497 e. The van der Waals surface area contributed by atoms with E-state index in [4.69, 9.17) is 21.4 Å². The maximum Gasteiger partial charge on any atom is 0.331 e. The summed E-state index contributed by atoms with van der Waals surface area (Å²) in [5.74, 6) is -0.194. The number of methoxy groups -OCH3 is 1. The van der Waals surface area contributed by atoms with E-state index in [1.807, 2.05) is 24.3 Å². The van der Waals surface area contributed by atoms with Crippen molar-refractivity contribution < 1.29 is 14.6 Å². The molecule has 7 heteroatoms. The number of rotatable bonds is 7. The fourth-order valence-corrected chi connectivity index (χ4v) is 2.19. The van der Waals surface area contributed by atoms with E-state index in [2.05, 4.69) is 15.5 Å². The fourth-order valence-electron chi connectivity index (χ4n) is 2.05. The average Bonchev–Trinajstić information content (AvgIpc) is 2.59. The molecule has 0 atom stereocenters. The van der Waals surface area contributed by atoms with E-state index in [1.54, 1.807) is 20.1 Å². The summed E-state index contributed by atoms with van der Waals surface area (Å²) < 4.78 is 5.13. The Bertz CT molecular complexity index is 745. The number of carboxylic acid groups (broad SMARTS) is 1. The van der Waals surface area contributed by atoms with Crippen molar-refractivity contribution in [2.24, 2.45) is 0 Å². The topological polar surface area (TPSA) is 84.3 Å². The number of hydrogen-bond donors (Lipinski definition) is 2. The van der Waals surface area contributed by atoms with Crippen molar-refractivity contribution in [3.05, 3.63) is 52.3 Å². The van der Waals surface area contributed by atoms with E-state index in [1.165, 1.54) is 6.08 Å². The second kappa shape index (κ2) is 8.31. The van der Waals surface area contributed by atoms with Crippen molar-refractivity contribution in [1.29, 1.82) is 0 Å². The Morgan fingerprint density at radius 1 is 1.33 bits per heavy atom. The normalized spacial score (nSPS) is 11.2. The van der Waals surface area contributed by atoms with Crippen LogP contribution in [0.5, 0.6) is 5.75 Å². The Hall–Kier alpha value is -2.60. The second-order valence-corrected chi connectivity index (χ2v) is 5.38. The predicted octanol–water partition coefficient (Wildman–Crippen LogP) is 3.63. The molecule has 0 unspecified atom stereocenters. The highest BCUT2D eigenvalue weighted by atomic mass is 35.5. The zero-order valence-corrected chi connectivity index (χ0v) is 14.2. The maximum atomic E-state index is 11.2. The molecular weight excluding hydrogens is 330 g/mol. The molecule has 0 radical (unpaired) electrons. The van der Waals surface area contributed by atoms with Gasteiger partial charge in [0.15, 0.2) is 5.15 Å². The van der Waals surface area contributed by atoms with E-state index < -0.39 is 5.97 Å². The predicted molar refractivity (Wildman–Crippen MR) is 93.3 cm³/mol. The third kappa shape index (κ3) is 4.70. The van der Waals surface area contributed by atoms with Gasteiger partial charge in [-0.1, -0.05) is 30.7 Å². The van der Waals surface area contributed by atoms with Crippen molar-refractivity contribution in [3.8, 4) is 5.75 Å². The molecule has 0 aliphatic heterocycles. The SMILES string of the molecule is CCC(=Cc1nnc(Cl)cc1NCc1ccc(OC)cc1)C(=O)O. The number of aromatic nitrogens is 2. The first-order valence-corrected chi connectivity index (χ1v) is 7.75. The number of aliphatic carboxylic acids is 1. The molecule has 2 N–H and O–H groups in total. The van der Waals surface area contributed by atoms with Crippen LogP contribution in [0.1, 0.15) is 24.6 Å². The second-order valence-electron chi connectivity index (χ2n) is 5.00. The number of carboxylic acids is 1. The Balaban J connectivity index is 2.22. The van der Waals surface area contributed by atoms with Gasteiger partial charge in [-0.2, -0.15) is 0 Å². The van der Waals surface area contributed by atoms with Crippen LogP contribution in [0.15, 0.2) is 35.9 Å². The van der Waals surface area contributed by atoms with Gasteiger partial charge in [-0.15, -0.1) is 10.2 Å². The van der Waals surface area contributed by atoms with Gasteiger partial charge in [0.05, 0.1) is 12.8 Å². The lowest BCUT2D eigenvalue weighted by atomic mass is 10.1. The van der Waals surface area contributed by atoms with E-state index in [9.17, 15) is 4.79 Å². The van der Waals surface area contributed by atoms with Gasteiger partial charge >= 0.3 is 5.97 Å². The van der Waals surface area contributed by atoms with Crippen LogP contribution in [0, 0.1) is 0 Å². The summed E-state index contributed by atoms with van der Waals surface area (Å²) >= 11 is 5.90. The summed E-state index contributed by atoms with van der Waals surface area (Å²) in [6.45, 7) is 2.30. The third-order valence-corrected chi connectivity index (χ3v) is 3.59. The minimum absolute atomic E-state index is 0.234. The molecule has 0 fully saturated rings. The van der Waals surface area contributed by atoms with Gasteiger partial charge < -0.3 is 15.2 Å². The number of nitrogens with zero attached hydrogens (tertiary/aromatic N) is 2. The minimum Gasteiger partial charge on any atom is -0.497 e. The minimum atomic E-state index is -0.977. The molecule has 2 rings (SSSR count). The molecule has 0 bridgehead atoms. The molecule has 1 aromatic heterocycles. The Kier molecular flexibility index (Phi) is 6.14. The Labute approximate surface area is 145 Å². The van der Waals surface area contributed by atoms with Gasteiger partial charge in [0, 0.05) is 18.2 Å². The number of carbonyl (C=O) groups is 1. The molecule has 6 nitrogen and oxygen atoms in total. The number of halogens is 1. The smallest absolute Gasteiger partial charge is 0.331 e. The highest BCUT2D eigenvalue weighted by Gasteiger charge is 2.10. The molecule has 24 heavy (non-hydrogen) atoms. The van der Waals surface area contributed by atoms with E-state index in [0.717, 1.165) is 11.3 Å². The van der Waals surface area contributed by atoms with Gasteiger partial charge in [0.2, 0.25) is 0 Å². The van der Waals surface area contributed by atoms with Gasteiger partial charge in [-0.05, 0) is 30.2 Å². The lowest BCUT2D eigenvalue weighted by Gasteiger charge is -2.10. The van der Waals surface area contributed by atoms with Crippen LogP contribution in [0.2, 0.25) is 5.15 Å². The standard InChI is InChI=1S/C17H18ClN3O3/c1-3-12(17(22)23)8-15-14(9-16(18)21-20-15)19-10-11-4-6-13(24-2)7-5-11/h4-9H,3,10H2,1-2H3,(H,19,21)(H,22,23). The third-order valence-electron chi connectivity index (χ3n) is 3.40. The molecule has 0 aliphatic rings. The first-order valence-electron chi connectivity index (χ1n) is 7.37. The van der Waals surface area contributed by atoms with Crippen molar-refractivity contribution in [2.45, 2.75) is 19.9 Å². The maximum absolute atomic E-state index is 11.2. The van der Waals surface area contributed by atoms with Crippen LogP contribution in [0.25, 0.3) is 6.08 Å². The quantitative estimate of drug-likeness (QED) is 0.744. The highest BCUT2D eigenvalue weighted by Crippen LogP contribution is 2.21. The van der Waals surface area contributed by atoms with Crippen LogP contribution in [0.3, 0.4) is 0 Å². The summed E-state index contributed by atoms with van der Waals surface area (Å²) in [5, 5.41) is 20.4. The van der Waals surface area contributed by atoms with Gasteiger partial charge in [-0.3, -0.25) is 0 Å². The van der Waals surface area contributed by atoms with Gasteiger partial charge in [0.1, 0.15) is 11.4 Å². The first kappa shape index (κ1) is 17.7. The van der Waals surface area contributed by atoms with Gasteiger partial charge in [-0.25, -0.2) is 4.79 Å². The molecule has 1 heterocycles. The van der Waals surface area contributed by atoms with Crippen molar-refractivity contribution in [3.63, 3.8) is 0 Å². The molecule has 0 amide bonds. The van der Waals surface area contributed by atoms with Crippen LogP contribution < -0.4 is 10.1 Å². The molecule has 1 aromatic carbocycles. The van der Waals surface area contributed by atoms with E-state index in [-0.39, 0.29) is 10.7 Å². The summed E-state index contributed by atoms with van der Waals surface area (Å²) in [7, 11) is 1.62. The number of ether oxygens (including phenoxy) is 1. The molecule has 0 saturated heterocycles. The van der Waals surface area contributed by atoms with Crippen LogP contribution in [-0.2, 0) is 11.3 Å². The Morgan fingerprint density at radius 2 is 2.04 bits per heavy atom. The summed E-state index contributed by atoms with van der Waals surface area (Å²) in [6, 6.07) is 9.24. The molecule has 0 saturated carbocycles. The van der Waals surface area contributed by atoms with Crippen molar-refractivity contribution >= 4 is 29.3 Å². The lowest BCUT2D eigenvalue weighted by Crippen LogP contribution is -2.05. The van der Waals surface area contributed by atoms with E-state index in [0.29, 0.717) is 24.3 Å². The van der Waals surface area contributed by atoms with Gasteiger partial charge in [0.25, 0.3) is 0 Å². The summed E-state index contributed by atoms with van der Waals surface area (Å²) in [6.07, 6.45) is 1.89. The van der Waals surface area contributed by atoms with E-state index >= 15 is 0 Å². The number of hydrogen-bond acceptors (Lipinski definition) is 5. The zero-order chi connectivity index (χ0) is 17.5. The number of anilines is 1. The summed E-state index contributed by atoms with van der Waals surface area (Å²) in [4.78, 5) is 11.2. The zero-order valence-electron chi connectivity index (χ0n) is 13.4. The van der Waals surface area contributed by atoms with Crippen LogP contribution >= 0.6 is 11.6 Å².